The summed E-state index contributed by atoms with van der Waals surface area (Å²) in [6, 6.07) is 15.1. The average Bonchev–Trinajstić information content (AvgIpc) is 2.80. The molecule has 0 fully saturated rings. The van der Waals surface area contributed by atoms with Gasteiger partial charge in [-0.15, -0.1) is 0 Å². The van der Waals surface area contributed by atoms with Gasteiger partial charge in [0.25, 0.3) is 5.91 Å². The second-order valence-electron chi connectivity index (χ2n) is 8.23. The summed E-state index contributed by atoms with van der Waals surface area (Å²) in [6.45, 7) is 8.43. The standard InChI is InChI=1S/C26H32ClN3O2S/c1-3-14-29(15-4-2)16-8-13-28-25(31)19-30-22-11-5-6-12-23(22)33-24(26(30)32)18-20-9-7-10-21(27)17-20/h5-7,9-12,17-18H,3-4,8,13-16,19H2,1-2H3,(H,28,31)/p+1. The number of rotatable bonds is 11. The summed E-state index contributed by atoms with van der Waals surface area (Å²) in [7, 11) is 0. The highest BCUT2D eigenvalue weighted by Crippen LogP contribution is 2.41. The molecule has 176 valence electrons. The van der Waals surface area contributed by atoms with Crippen molar-refractivity contribution in [3.63, 3.8) is 0 Å². The fourth-order valence-electron chi connectivity index (χ4n) is 4.01. The van der Waals surface area contributed by atoms with Crippen molar-refractivity contribution in [2.24, 2.45) is 0 Å². The number of amides is 2. The number of nitrogens with one attached hydrogen (secondary N) is 2. The normalized spacial score (nSPS) is 14.6. The van der Waals surface area contributed by atoms with Crippen LogP contribution in [0.3, 0.4) is 0 Å². The van der Waals surface area contributed by atoms with Gasteiger partial charge in [-0.3, -0.25) is 14.5 Å². The van der Waals surface area contributed by atoms with Crippen LogP contribution in [0, 0.1) is 0 Å². The molecule has 0 aliphatic carbocycles. The fourth-order valence-corrected chi connectivity index (χ4v) is 5.27. The molecule has 2 amide bonds. The Morgan fingerprint density at radius 1 is 1.09 bits per heavy atom. The van der Waals surface area contributed by atoms with Crippen molar-refractivity contribution in [2.75, 3.05) is 37.6 Å². The summed E-state index contributed by atoms with van der Waals surface area (Å²) < 4.78 is 0. The number of para-hydroxylation sites is 1. The van der Waals surface area contributed by atoms with Gasteiger partial charge in [0.15, 0.2) is 0 Å². The molecule has 5 nitrogen and oxygen atoms in total. The molecule has 1 aliphatic rings. The number of fused-ring (bicyclic) bond motifs is 1. The van der Waals surface area contributed by atoms with E-state index in [0.717, 1.165) is 29.1 Å². The first-order valence-electron chi connectivity index (χ1n) is 11.7. The van der Waals surface area contributed by atoms with Crippen molar-refractivity contribution >= 4 is 46.9 Å². The van der Waals surface area contributed by atoms with E-state index in [2.05, 4.69) is 19.2 Å². The number of hydrogen-bond donors (Lipinski definition) is 2. The molecule has 1 heterocycles. The van der Waals surface area contributed by atoms with E-state index in [9.17, 15) is 9.59 Å². The lowest BCUT2D eigenvalue weighted by molar-refractivity contribution is -0.900. The zero-order chi connectivity index (χ0) is 23.6. The third-order valence-corrected chi connectivity index (χ3v) is 6.83. The number of carbonyl (C=O) groups excluding carboxylic acids is 2. The Morgan fingerprint density at radius 3 is 2.58 bits per heavy atom. The van der Waals surface area contributed by atoms with E-state index in [4.69, 9.17) is 11.6 Å². The highest BCUT2D eigenvalue weighted by molar-refractivity contribution is 8.04. The molecule has 0 radical (unpaired) electrons. The summed E-state index contributed by atoms with van der Waals surface area (Å²) in [5.74, 6) is -0.310. The summed E-state index contributed by atoms with van der Waals surface area (Å²) in [6.07, 6.45) is 5.10. The van der Waals surface area contributed by atoms with Crippen LogP contribution in [0.2, 0.25) is 5.02 Å². The maximum atomic E-state index is 13.3. The lowest BCUT2D eigenvalue weighted by Crippen LogP contribution is -3.12. The smallest absolute Gasteiger partial charge is 0.265 e. The topological polar surface area (TPSA) is 53.9 Å². The first-order chi connectivity index (χ1) is 16.0. The fraction of sp³-hybridized carbons (Fsp3) is 0.385. The molecule has 1 aliphatic heterocycles. The average molecular weight is 487 g/mol. The van der Waals surface area contributed by atoms with Gasteiger partial charge in [0.1, 0.15) is 6.54 Å². The van der Waals surface area contributed by atoms with Crippen LogP contribution in [0.25, 0.3) is 6.08 Å². The number of halogens is 1. The van der Waals surface area contributed by atoms with E-state index >= 15 is 0 Å². The number of benzene rings is 2. The maximum absolute atomic E-state index is 13.3. The van der Waals surface area contributed by atoms with Gasteiger partial charge in [-0.1, -0.05) is 61.5 Å². The first-order valence-corrected chi connectivity index (χ1v) is 12.9. The van der Waals surface area contributed by atoms with Gasteiger partial charge in [-0.05, 0) is 48.7 Å². The van der Waals surface area contributed by atoms with Crippen molar-refractivity contribution in [2.45, 2.75) is 38.0 Å². The minimum absolute atomic E-state index is 0.00375. The third kappa shape index (κ3) is 7.36. The number of nitrogens with zero attached hydrogens (tertiary/aromatic N) is 1. The molecule has 2 aromatic carbocycles. The van der Waals surface area contributed by atoms with Crippen LogP contribution in [-0.2, 0) is 9.59 Å². The van der Waals surface area contributed by atoms with E-state index in [1.807, 2.05) is 48.5 Å². The predicted octanol–water partition coefficient (Wildman–Crippen LogP) is 4.03. The largest absolute Gasteiger partial charge is 0.354 e. The van der Waals surface area contributed by atoms with Crippen LogP contribution in [0.5, 0.6) is 0 Å². The zero-order valence-corrected chi connectivity index (χ0v) is 21.0. The molecule has 0 atom stereocenters. The monoisotopic (exact) mass is 486 g/mol. The third-order valence-electron chi connectivity index (χ3n) is 5.52. The van der Waals surface area contributed by atoms with Crippen LogP contribution in [0.4, 0.5) is 5.69 Å². The van der Waals surface area contributed by atoms with E-state index in [1.54, 1.807) is 15.9 Å². The molecule has 2 N–H and O–H groups in total. The molecule has 2 aromatic rings. The Labute approximate surface area is 206 Å². The molecular weight excluding hydrogens is 454 g/mol. The molecule has 0 saturated heterocycles. The van der Waals surface area contributed by atoms with Crippen molar-refractivity contribution in [1.29, 1.82) is 0 Å². The van der Waals surface area contributed by atoms with Crippen molar-refractivity contribution in [3.05, 3.63) is 64.0 Å². The first kappa shape index (κ1) is 25.3. The lowest BCUT2D eigenvalue weighted by atomic mass is 10.2. The van der Waals surface area contributed by atoms with Gasteiger partial charge in [0, 0.05) is 22.9 Å². The van der Waals surface area contributed by atoms with Crippen LogP contribution >= 0.6 is 23.4 Å². The Morgan fingerprint density at radius 2 is 1.85 bits per heavy atom. The molecule has 0 unspecified atom stereocenters. The number of quaternary nitrogens is 1. The molecular formula is C26H33ClN3O2S+. The molecule has 7 heteroatoms. The van der Waals surface area contributed by atoms with Gasteiger partial charge in [-0.2, -0.15) is 0 Å². The second kappa shape index (κ2) is 12.8. The van der Waals surface area contributed by atoms with Gasteiger partial charge in [0.05, 0.1) is 30.2 Å². The van der Waals surface area contributed by atoms with Gasteiger partial charge < -0.3 is 10.2 Å². The number of anilines is 1. The van der Waals surface area contributed by atoms with Gasteiger partial charge >= 0.3 is 0 Å². The SMILES string of the molecule is CCC[NH+](CCC)CCCNC(=O)CN1C(=O)C(=Cc2cccc(Cl)c2)Sc2ccccc21. The Kier molecular flexibility index (Phi) is 9.85. The van der Waals surface area contributed by atoms with E-state index in [0.29, 0.717) is 16.5 Å². The molecule has 33 heavy (non-hydrogen) atoms. The van der Waals surface area contributed by atoms with Crippen molar-refractivity contribution < 1.29 is 14.5 Å². The minimum atomic E-state index is -0.171. The second-order valence-corrected chi connectivity index (χ2v) is 9.75. The van der Waals surface area contributed by atoms with Crippen LogP contribution in [-0.4, -0.2) is 44.5 Å². The van der Waals surface area contributed by atoms with Crippen molar-refractivity contribution in [3.8, 4) is 0 Å². The van der Waals surface area contributed by atoms with Gasteiger partial charge in [0.2, 0.25) is 5.91 Å². The molecule has 0 aromatic heterocycles. The Hall–Kier alpha value is -2.28. The maximum Gasteiger partial charge on any atom is 0.265 e. The highest BCUT2D eigenvalue weighted by Gasteiger charge is 2.30. The van der Waals surface area contributed by atoms with E-state index in [1.165, 1.54) is 37.7 Å². The molecule has 0 saturated carbocycles. The Balaban J connectivity index is 1.65. The summed E-state index contributed by atoms with van der Waals surface area (Å²) in [5, 5.41) is 3.62. The number of carbonyl (C=O) groups is 2. The summed E-state index contributed by atoms with van der Waals surface area (Å²) in [5.41, 5.74) is 1.63. The summed E-state index contributed by atoms with van der Waals surface area (Å²) >= 11 is 7.53. The molecule has 0 bridgehead atoms. The molecule has 0 spiro atoms. The van der Waals surface area contributed by atoms with E-state index in [-0.39, 0.29) is 18.4 Å². The number of thioether (sulfide) groups is 1. The quantitative estimate of drug-likeness (QED) is 0.372. The lowest BCUT2D eigenvalue weighted by Gasteiger charge is -2.29. The van der Waals surface area contributed by atoms with Crippen LogP contribution in [0.1, 0.15) is 38.7 Å². The Bertz CT molecular complexity index is 989. The minimum Gasteiger partial charge on any atom is -0.354 e. The zero-order valence-electron chi connectivity index (χ0n) is 19.4. The van der Waals surface area contributed by atoms with Gasteiger partial charge in [-0.25, -0.2) is 0 Å². The summed E-state index contributed by atoms with van der Waals surface area (Å²) in [4.78, 5) is 30.7. The van der Waals surface area contributed by atoms with Crippen LogP contribution in [0.15, 0.2) is 58.3 Å². The highest BCUT2D eigenvalue weighted by atomic mass is 35.5. The molecule has 3 rings (SSSR count). The predicted molar refractivity (Wildman–Crippen MR) is 138 cm³/mol. The van der Waals surface area contributed by atoms with Crippen LogP contribution < -0.4 is 15.1 Å². The number of hydrogen-bond acceptors (Lipinski definition) is 3. The van der Waals surface area contributed by atoms with Crippen molar-refractivity contribution in [1.82, 2.24) is 5.32 Å². The van der Waals surface area contributed by atoms with E-state index < -0.39 is 0 Å².